The van der Waals surface area contributed by atoms with Crippen LogP contribution in [0.2, 0.25) is 0 Å². The van der Waals surface area contributed by atoms with Crippen LogP contribution in [0.1, 0.15) is 113 Å². The minimum absolute atomic E-state index is 0.0429. The Bertz CT molecular complexity index is 2800. The summed E-state index contributed by atoms with van der Waals surface area (Å²) in [5, 5.41) is 5.33. The number of methoxy groups -OCH3 is 2. The Balaban J connectivity index is 0.924. The van der Waals surface area contributed by atoms with Crippen LogP contribution in [0.25, 0.3) is 44.5 Å². The highest BCUT2D eigenvalue weighted by molar-refractivity contribution is 5.89. The number of likely N-dealkylation sites (tertiary alicyclic amines) is 2. The first-order chi connectivity index (χ1) is 32.3. The third kappa shape index (κ3) is 7.45. The van der Waals surface area contributed by atoms with Crippen molar-refractivity contribution >= 4 is 35.0 Å². The Labute approximate surface area is 389 Å². The zero-order valence-corrected chi connectivity index (χ0v) is 38.8. The second kappa shape index (κ2) is 17.0. The van der Waals surface area contributed by atoms with Gasteiger partial charge in [0.1, 0.15) is 24.2 Å². The summed E-state index contributed by atoms with van der Waals surface area (Å²) in [6.45, 7) is 9.76. The van der Waals surface area contributed by atoms with Gasteiger partial charge in [-0.15, -0.1) is 6.58 Å². The second-order valence-electron chi connectivity index (χ2n) is 19.7. The van der Waals surface area contributed by atoms with Gasteiger partial charge in [-0.2, -0.15) is 0 Å². The fourth-order valence-electron chi connectivity index (χ4n) is 12.1. The molecule has 2 saturated carbocycles. The molecule has 4 heterocycles. The highest BCUT2D eigenvalue weighted by Gasteiger charge is 2.60. The number of rotatable bonds is 13. The number of aromatic nitrogens is 4. The van der Waals surface area contributed by atoms with Crippen LogP contribution in [-0.2, 0) is 24.7 Å². The molecular formula is C52H59FN8O6. The van der Waals surface area contributed by atoms with Crippen molar-refractivity contribution in [2.75, 3.05) is 20.8 Å². The molecule has 2 aliphatic heterocycles. The average Bonchev–Trinajstić information content (AvgIpc) is 3.95. The third-order valence-corrected chi connectivity index (χ3v) is 15.5. The summed E-state index contributed by atoms with van der Waals surface area (Å²) in [6.07, 6.45) is 9.65. The van der Waals surface area contributed by atoms with Crippen LogP contribution >= 0.6 is 0 Å². The van der Waals surface area contributed by atoms with Gasteiger partial charge < -0.3 is 39.9 Å². The molecule has 3 aromatic carbocycles. The number of hydrogen-bond donors (Lipinski definition) is 4. The normalized spacial score (nSPS) is 24.5. The molecule has 4 N–H and O–H groups in total. The minimum atomic E-state index is -1.85. The standard InChI is InChI=1S/C52H59FN8O6/c1-7-9-42-51(19-20-51)25-41(61(42)43(62)27-55-49(64)66-5)46-54-26-40(58-46)31-12-16-35-34-15-11-29(22-36(34)52(53,18-8-2)37(35)23-31)30-13-17-38-39(24-30)57-47(56-38)45-32-10-14-33(21-32)60(45)48(63)44(28(3)4)59-50(65)67-6/h8,11-13,15-17,22-24,26,28,32-33,41-42,44-45H,2,7,9-10,14,18-21,25,27H2,1,3-6H3,(H,54,58)(H,55,64)(H,56,57)(H,59,65). The number of halogens is 1. The number of piperidine rings is 1. The molecule has 3 aliphatic carbocycles. The van der Waals surface area contributed by atoms with E-state index in [-0.39, 0.29) is 66.2 Å². The van der Waals surface area contributed by atoms with Gasteiger partial charge in [0, 0.05) is 29.6 Å². The summed E-state index contributed by atoms with van der Waals surface area (Å²) in [7, 11) is 2.57. The Morgan fingerprint density at radius 2 is 1.63 bits per heavy atom. The summed E-state index contributed by atoms with van der Waals surface area (Å²) in [5.74, 6) is 1.21. The molecule has 350 valence electrons. The van der Waals surface area contributed by atoms with Crippen molar-refractivity contribution < 1.29 is 33.0 Å². The lowest BCUT2D eigenvalue weighted by atomic mass is 9.88. The number of carbonyl (C=O) groups is 4. The van der Waals surface area contributed by atoms with Crippen LogP contribution in [-0.4, -0.2) is 92.6 Å². The van der Waals surface area contributed by atoms with Gasteiger partial charge in [0.15, 0.2) is 5.67 Å². The molecule has 4 fully saturated rings. The molecule has 4 amide bonds. The first-order valence-corrected chi connectivity index (χ1v) is 23.8. The number of ether oxygens (including phenoxy) is 2. The SMILES string of the molecule is C=CCC1(F)c2cc(-c3ccc4nc(C5C6CCC(C6)N5C(=O)C(NC(=O)OC)C(C)C)[nH]c4c3)ccc2-c2ccc(-c3cnc(C4CC5(CC5)C(CCC)N4C(=O)CNC(=O)OC)[nH]3)cc21. The molecular weight excluding hydrogens is 852 g/mol. The summed E-state index contributed by atoms with van der Waals surface area (Å²) in [5.41, 5.74) is 5.80. The maximum atomic E-state index is 18.0. The lowest BCUT2D eigenvalue weighted by molar-refractivity contribution is -0.139. The van der Waals surface area contributed by atoms with Crippen LogP contribution < -0.4 is 10.6 Å². The molecule has 15 heteroatoms. The summed E-state index contributed by atoms with van der Waals surface area (Å²) in [4.78, 5) is 72.9. The molecule has 14 nitrogen and oxygen atoms in total. The fraction of sp³-hybridized carbons (Fsp3) is 0.462. The smallest absolute Gasteiger partial charge is 0.407 e. The van der Waals surface area contributed by atoms with Crippen molar-refractivity contribution in [2.45, 2.75) is 114 Å². The second-order valence-corrected chi connectivity index (χ2v) is 19.7. The predicted octanol–water partition coefficient (Wildman–Crippen LogP) is 9.40. The molecule has 1 spiro atoms. The lowest BCUT2D eigenvalue weighted by Gasteiger charge is -2.37. The Hall–Kier alpha value is -6.51. The molecule has 10 rings (SSSR count). The number of alkyl halides is 1. The van der Waals surface area contributed by atoms with Crippen molar-refractivity contribution in [2.24, 2.45) is 17.3 Å². The zero-order chi connectivity index (χ0) is 46.9. The molecule has 2 aromatic heterocycles. The van der Waals surface area contributed by atoms with Crippen molar-refractivity contribution in [3.8, 4) is 33.5 Å². The summed E-state index contributed by atoms with van der Waals surface area (Å²) in [6, 6.07) is 16.7. The maximum Gasteiger partial charge on any atom is 0.407 e. The van der Waals surface area contributed by atoms with E-state index in [1.54, 1.807) is 12.3 Å². The highest BCUT2D eigenvalue weighted by Crippen LogP contribution is 2.63. The summed E-state index contributed by atoms with van der Waals surface area (Å²) >= 11 is 0. The summed E-state index contributed by atoms with van der Waals surface area (Å²) < 4.78 is 27.6. The number of allylic oxidation sites excluding steroid dienone is 1. The first kappa shape index (κ1) is 44.3. The number of nitrogens with one attached hydrogen (secondary N) is 4. The number of amides is 4. The van der Waals surface area contributed by atoms with E-state index in [9.17, 15) is 19.2 Å². The van der Waals surface area contributed by atoms with Gasteiger partial charge in [-0.25, -0.2) is 23.9 Å². The van der Waals surface area contributed by atoms with Gasteiger partial charge in [0.2, 0.25) is 11.8 Å². The van der Waals surface area contributed by atoms with Crippen LogP contribution in [0.15, 0.2) is 73.4 Å². The Morgan fingerprint density at radius 3 is 2.31 bits per heavy atom. The van der Waals surface area contributed by atoms with Crippen molar-refractivity contribution in [3.63, 3.8) is 0 Å². The van der Waals surface area contributed by atoms with Crippen molar-refractivity contribution in [3.05, 3.63) is 96.2 Å². The van der Waals surface area contributed by atoms with Gasteiger partial charge in [-0.3, -0.25) is 9.59 Å². The molecule has 5 aromatic rings. The van der Waals surface area contributed by atoms with Crippen LogP contribution in [0.4, 0.5) is 14.0 Å². The lowest BCUT2D eigenvalue weighted by Crippen LogP contribution is -2.54. The van der Waals surface area contributed by atoms with Crippen LogP contribution in [0, 0.1) is 17.3 Å². The van der Waals surface area contributed by atoms with Crippen LogP contribution in [0.5, 0.6) is 0 Å². The number of hydrogen-bond acceptors (Lipinski definition) is 8. The topological polar surface area (TPSA) is 175 Å². The fourth-order valence-corrected chi connectivity index (χ4v) is 12.1. The van der Waals surface area contributed by atoms with Crippen LogP contribution in [0.3, 0.4) is 0 Å². The Kier molecular flexibility index (Phi) is 11.2. The highest BCUT2D eigenvalue weighted by atomic mass is 19.1. The Morgan fingerprint density at radius 1 is 0.925 bits per heavy atom. The van der Waals surface area contributed by atoms with Gasteiger partial charge in [-0.05, 0) is 114 Å². The predicted molar refractivity (Wildman–Crippen MR) is 251 cm³/mol. The zero-order valence-electron chi connectivity index (χ0n) is 38.8. The number of imidazole rings is 2. The van der Waals surface area contributed by atoms with E-state index < -0.39 is 23.9 Å². The van der Waals surface area contributed by atoms with E-state index in [2.05, 4.69) is 34.1 Å². The van der Waals surface area contributed by atoms with E-state index in [1.165, 1.54) is 14.2 Å². The van der Waals surface area contributed by atoms with Gasteiger partial charge in [0.25, 0.3) is 0 Å². The van der Waals surface area contributed by atoms with E-state index in [0.29, 0.717) is 17.0 Å². The molecule has 67 heavy (non-hydrogen) atoms. The van der Waals surface area contributed by atoms with Gasteiger partial charge in [0.05, 0.1) is 49.2 Å². The molecule has 2 bridgehead atoms. The monoisotopic (exact) mass is 910 g/mol. The van der Waals surface area contributed by atoms with E-state index in [4.69, 9.17) is 19.4 Å². The maximum absolute atomic E-state index is 18.0. The number of aromatic amines is 2. The van der Waals surface area contributed by atoms with Crippen molar-refractivity contribution in [1.82, 2.24) is 40.4 Å². The third-order valence-electron chi connectivity index (χ3n) is 15.5. The minimum Gasteiger partial charge on any atom is -0.453 e. The number of fused-ring (bicyclic) bond motifs is 6. The molecule has 7 atom stereocenters. The number of nitrogens with zero attached hydrogens (tertiary/aromatic N) is 4. The molecule has 5 aliphatic rings. The number of carbonyl (C=O) groups excluding carboxylic acids is 4. The molecule has 2 saturated heterocycles. The molecule has 0 radical (unpaired) electrons. The van der Waals surface area contributed by atoms with Gasteiger partial charge in [-0.1, -0.05) is 63.6 Å². The van der Waals surface area contributed by atoms with E-state index >= 15 is 4.39 Å². The largest absolute Gasteiger partial charge is 0.453 e. The number of alkyl carbamates (subject to hydrolysis) is 2. The van der Waals surface area contributed by atoms with Crippen molar-refractivity contribution in [1.29, 1.82) is 0 Å². The van der Waals surface area contributed by atoms with Gasteiger partial charge >= 0.3 is 12.2 Å². The number of benzene rings is 3. The van der Waals surface area contributed by atoms with E-state index in [1.807, 2.05) is 78.2 Å². The number of H-pyrrole nitrogens is 2. The molecule has 7 unspecified atom stereocenters. The first-order valence-electron chi connectivity index (χ1n) is 23.8. The van der Waals surface area contributed by atoms with E-state index in [0.717, 1.165) is 102 Å². The average molecular weight is 911 g/mol. The quantitative estimate of drug-likeness (QED) is 0.0846.